The van der Waals surface area contributed by atoms with Gasteiger partial charge in [0.25, 0.3) is 0 Å². The van der Waals surface area contributed by atoms with E-state index < -0.39 is 30.0 Å². The molecule has 1 aliphatic heterocycles. The molecule has 188 valence electrons. The summed E-state index contributed by atoms with van der Waals surface area (Å²) in [5.74, 6) is -0.102. The first-order valence-electron chi connectivity index (χ1n) is 12.2. The Hall–Kier alpha value is -2.19. The third-order valence-electron chi connectivity index (χ3n) is 6.13. The second-order valence-electron chi connectivity index (χ2n) is 10.9. The lowest BCUT2D eigenvalue weighted by molar-refractivity contribution is 0.00578. The Morgan fingerprint density at radius 1 is 0.912 bits per heavy atom. The van der Waals surface area contributed by atoms with Crippen LogP contribution in [0.3, 0.4) is 0 Å². The zero-order valence-electron chi connectivity index (χ0n) is 22.0. The highest BCUT2D eigenvalue weighted by atomic mass is 16.7. The SMILES string of the molecule is CCCCC(=O)c1cc(B2OC(C)(C)C(C)(C)O2)cc(C(=O)CCCNC(=O)OC(C)(C)C)c1. The Morgan fingerprint density at radius 2 is 1.41 bits per heavy atom. The first kappa shape index (κ1) is 28.1. The van der Waals surface area contributed by atoms with Crippen LogP contribution in [0.4, 0.5) is 4.79 Å². The summed E-state index contributed by atoms with van der Waals surface area (Å²) in [7, 11) is -0.663. The molecule has 1 saturated heterocycles. The number of hydrogen-bond acceptors (Lipinski definition) is 6. The maximum Gasteiger partial charge on any atom is 0.494 e. The molecule has 1 amide bonds. The van der Waals surface area contributed by atoms with Crippen molar-refractivity contribution in [2.45, 2.75) is 104 Å². The van der Waals surface area contributed by atoms with Crippen molar-refractivity contribution in [3.63, 3.8) is 0 Å². The standard InChI is InChI=1S/C26H40BNO6/c1-9-10-12-21(29)18-15-19(22(30)13-11-14-28-23(31)32-24(2,3)4)17-20(16-18)27-33-25(5,6)26(7,8)34-27/h15-17H,9-14H2,1-8H3,(H,28,31). The zero-order valence-corrected chi connectivity index (χ0v) is 22.0. The average molecular weight is 473 g/mol. The molecule has 1 heterocycles. The average Bonchev–Trinajstić information content (AvgIpc) is 2.94. The fourth-order valence-corrected chi connectivity index (χ4v) is 3.47. The van der Waals surface area contributed by atoms with E-state index >= 15 is 0 Å². The van der Waals surface area contributed by atoms with Crippen molar-refractivity contribution in [2.75, 3.05) is 6.54 Å². The van der Waals surface area contributed by atoms with Gasteiger partial charge in [0.1, 0.15) is 5.60 Å². The minimum atomic E-state index is -0.663. The number of benzene rings is 1. The maximum absolute atomic E-state index is 13.0. The van der Waals surface area contributed by atoms with Crippen molar-refractivity contribution < 1.29 is 28.4 Å². The molecule has 7 nitrogen and oxygen atoms in total. The molecule has 2 rings (SSSR count). The normalized spacial score (nSPS) is 16.9. The molecule has 0 atom stereocenters. The highest BCUT2D eigenvalue weighted by Gasteiger charge is 2.51. The molecule has 0 unspecified atom stereocenters. The molecule has 0 aromatic heterocycles. The summed E-state index contributed by atoms with van der Waals surface area (Å²) < 4.78 is 17.5. The molecule has 0 bridgehead atoms. The molecule has 0 spiro atoms. The predicted molar refractivity (Wildman–Crippen MR) is 134 cm³/mol. The fourth-order valence-electron chi connectivity index (χ4n) is 3.47. The molecular weight excluding hydrogens is 433 g/mol. The molecule has 1 aromatic carbocycles. The minimum absolute atomic E-state index is 0.000796. The number of carbonyl (C=O) groups excluding carboxylic acids is 3. The lowest BCUT2D eigenvalue weighted by atomic mass is 9.76. The molecule has 34 heavy (non-hydrogen) atoms. The van der Waals surface area contributed by atoms with Crippen LogP contribution >= 0.6 is 0 Å². The van der Waals surface area contributed by atoms with Gasteiger partial charge in [-0.1, -0.05) is 25.5 Å². The quantitative estimate of drug-likeness (QED) is 0.297. The van der Waals surface area contributed by atoms with Crippen molar-refractivity contribution in [3.8, 4) is 0 Å². The van der Waals surface area contributed by atoms with Gasteiger partial charge < -0.3 is 19.4 Å². The number of rotatable bonds is 10. The van der Waals surface area contributed by atoms with Crippen molar-refractivity contribution >= 4 is 30.2 Å². The molecule has 1 aliphatic rings. The van der Waals surface area contributed by atoms with Crippen LogP contribution in [0.15, 0.2) is 18.2 Å². The van der Waals surface area contributed by atoms with E-state index in [4.69, 9.17) is 14.0 Å². The van der Waals surface area contributed by atoms with Gasteiger partial charge in [-0.05, 0) is 72.8 Å². The Balaban J connectivity index is 2.16. The maximum atomic E-state index is 13.0. The highest BCUT2D eigenvalue weighted by molar-refractivity contribution is 6.62. The van der Waals surface area contributed by atoms with E-state index in [0.29, 0.717) is 36.0 Å². The van der Waals surface area contributed by atoms with Crippen molar-refractivity contribution in [2.24, 2.45) is 0 Å². The number of alkyl carbamates (subject to hydrolysis) is 1. The van der Waals surface area contributed by atoms with Gasteiger partial charge in [0.15, 0.2) is 11.6 Å². The molecule has 1 N–H and O–H groups in total. The van der Waals surface area contributed by atoms with E-state index in [0.717, 1.165) is 12.8 Å². The Kier molecular flexibility index (Phi) is 9.11. The lowest BCUT2D eigenvalue weighted by Crippen LogP contribution is -2.41. The summed E-state index contributed by atoms with van der Waals surface area (Å²) in [5, 5.41) is 2.67. The van der Waals surface area contributed by atoms with Crippen LogP contribution in [0.25, 0.3) is 0 Å². The first-order chi connectivity index (χ1) is 15.6. The molecule has 1 aromatic rings. The zero-order chi connectivity index (χ0) is 25.7. The van der Waals surface area contributed by atoms with Gasteiger partial charge in [-0.25, -0.2) is 4.79 Å². The number of unbranched alkanes of at least 4 members (excludes halogenated alkanes) is 1. The van der Waals surface area contributed by atoms with Gasteiger partial charge in [0.05, 0.1) is 11.2 Å². The van der Waals surface area contributed by atoms with E-state index in [1.54, 1.807) is 39.0 Å². The number of amides is 1. The van der Waals surface area contributed by atoms with Gasteiger partial charge in [0.2, 0.25) is 0 Å². The van der Waals surface area contributed by atoms with E-state index in [9.17, 15) is 14.4 Å². The minimum Gasteiger partial charge on any atom is -0.444 e. The Morgan fingerprint density at radius 3 is 1.88 bits per heavy atom. The van der Waals surface area contributed by atoms with Crippen LogP contribution < -0.4 is 10.8 Å². The summed E-state index contributed by atoms with van der Waals surface area (Å²) in [6.45, 7) is 15.6. The van der Waals surface area contributed by atoms with Crippen molar-refractivity contribution in [3.05, 3.63) is 29.3 Å². The summed E-state index contributed by atoms with van der Waals surface area (Å²) in [5.41, 5.74) is -0.0277. The molecule has 0 radical (unpaired) electrons. The summed E-state index contributed by atoms with van der Waals surface area (Å²) >= 11 is 0. The fraction of sp³-hybridized carbons (Fsp3) is 0.654. The first-order valence-corrected chi connectivity index (χ1v) is 12.2. The third kappa shape index (κ3) is 7.67. The summed E-state index contributed by atoms with van der Waals surface area (Å²) in [6.07, 6.45) is 2.31. The second kappa shape index (κ2) is 11.0. The number of ether oxygens (including phenoxy) is 1. The molecule has 0 saturated carbocycles. The monoisotopic (exact) mass is 473 g/mol. The van der Waals surface area contributed by atoms with Gasteiger partial charge in [-0.15, -0.1) is 0 Å². The van der Waals surface area contributed by atoms with E-state index in [-0.39, 0.29) is 18.0 Å². The van der Waals surface area contributed by atoms with Crippen molar-refractivity contribution in [1.29, 1.82) is 0 Å². The van der Waals surface area contributed by atoms with E-state index in [2.05, 4.69) is 5.32 Å². The predicted octanol–water partition coefficient (Wildman–Crippen LogP) is 4.85. The number of ketones is 2. The number of carbonyl (C=O) groups is 3. The van der Waals surface area contributed by atoms with Gasteiger partial charge in [-0.2, -0.15) is 0 Å². The van der Waals surface area contributed by atoms with E-state index in [1.165, 1.54) is 0 Å². The summed E-state index contributed by atoms with van der Waals surface area (Å²) in [4.78, 5) is 37.6. The molecular formula is C26H40BNO6. The van der Waals surface area contributed by atoms with Crippen LogP contribution in [0.1, 0.15) is 108 Å². The van der Waals surface area contributed by atoms with Crippen LogP contribution in [0, 0.1) is 0 Å². The Labute approximate surface area is 204 Å². The Bertz CT molecular complexity index is 887. The number of hydrogen-bond donors (Lipinski definition) is 1. The number of Topliss-reactive ketones (excluding diaryl/α,β-unsaturated/α-hetero) is 2. The molecule has 1 fully saturated rings. The summed E-state index contributed by atoms with van der Waals surface area (Å²) in [6, 6.07) is 5.19. The largest absolute Gasteiger partial charge is 0.494 e. The van der Waals surface area contributed by atoms with Crippen molar-refractivity contribution in [1.82, 2.24) is 5.32 Å². The smallest absolute Gasteiger partial charge is 0.444 e. The van der Waals surface area contributed by atoms with Crippen LogP contribution in [0.5, 0.6) is 0 Å². The lowest BCUT2D eigenvalue weighted by Gasteiger charge is -2.32. The van der Waals surface area contributed by atoms with Crippen LogP contribution in [-0.4, -0.2) is 48.1 Å². The third-order valence-corrected chi connectivity index (χ3v) is 6.13. The van der Waals surface area contributed by atoms with Gasteiger partial charge >= 0.3 is 13.2 Å². The highest BCUT2D eigenvalue weighted by Crippen LogP contribution is 2.36. The van der Waals surface area contributed by atoms with Crippen LogP contribution in [0.2, 0.25) is 0 Å². The molecule has 0 aliphatic carbocycles. The second-order valence-corrected chi connectivity index (χ2v) is 10.9. The van der Waals surface area contributed by atoms with Crippen LogP contribution in [-0.2, 0) is 14.0 Å². The van der Waals surface area contributed by atoms with Gasteiger partial charge in [-0.3, -0.25) is 9.59 Å². The topological polar surface area (TPSA) is 90.9 Å². The number of nitrogens with one attached hydrogen (secondary N) is 1. The van der Waals surface area contributed by atoms with E-state index in [1.807, 2.05) is 34.6 Å². The van der Waals surface area contributed by atoms with Gasteiger partial charge in [0, 0.05) is 30.5 Å². The molecule has 8 heteroatoms.